The van der Waals surface area contributed by atoms with Gasteiger partial charge in [0, 0.05) is 17.1 Å². The molecule has 1 amide bonds. The zero-order valence-electron chi connectivity index (χ0n) is 20.0. The number of aryl methyl sites for hydroxylation is 3. The average Bonchev–Trinajstić information content (AvgIpc) is 3.37. The summed E-state index contributed by atoms with van der Waals surface area (Å²) in [7, 11) is 0. The highest BCUT2D eigenvalue weighted by molar-refractivity contribution is 8.27. The molecule has 8 heteroatoms. The molecule has 0 saturated heterocycles. The van der Waals surface area contributed by atoms with Gasteiger partial charge in [-0.1, -0.05) is 24.3 Å². The van der Waals surface area contributed by atoms with Crippen LogP contribution in [0.4, 0.5) is 0 Å². The Morgan fingerprint density at radius 1 is 1.03 bits per heavy atom. The molecule has 0 radical (unpaired) electrons. The van der Waals surface area contributed by atoms with Crippen molar-refractivity contribution < 1.29 is 9.53 Å². The Kier molecular flexibility index (Phi) is 5.90. The van der Waals surface area contributed by atoms with E-state index in [0.29, 0.717) is 10.2 Å². The minimum absolute atomic E-state index is 0.0122. The van der Waals surface area contributed by atoms with Crippen LogP contribution in [0.25, 0.3) is 11.8 Å². The van der Waals surface area contributed by atoms with E-state index in [0.717, 1.165) is 28.4 Å². The molecule has 0 bridgehead atoms. The number of nitrogens with zero attached hydrogens (tertiary/aromatic N) is 4. The molecule has 2 aromatic carbocycles. The van der Waals surface area contributed by atoms with Crippen LogP contribution in [0.5, 0.6) is 5.75 Å². The zero-order chi connectivity index (χ0) is 24.7. The second-order valence-electron chi connectivity index (χ2n) is 8.55. The second-order valence-corrected chi connectivity index (χ2v) is 9.59. The van der Waals surface area contributed by atoms with Crippen LogP contribution < -0.4 is 4.74 Å². The number of para-hydroxylation sites is 1. The lowest BCUT2D eigenvalue weighted by Gasteiger charge is -2.20. The lowest BCUT2D eigenvalue weighted by molar-refractivity contribution is -0.114. The molecule has 3 heterocycles. The van der Waals surface area contributed by atoms with Crippen LogP contribution in [-0.2, 0) is 4.79 Å². The van der Waals surface area contributed by atoms with E-state index in [4.69, 9.17) is 10.1 Å². The number of amides is 1. The number of benzene rings is 2. The molecule has 176 valence electrons. The van der Waals surface area contributed by atoms with Crippen molar-refractivity contribution >= 4 is 39.8 Å². The number of thioether (sulfide) groups is 1. The minimum atomic E-state index is -0.440. The predicted molar refractivity (Wildman–Crippen MR) is 142 cm³/mol. The number of carbonyl (C=O) groups is 1. The Bertz CT molecular complexity index is 1450. The summed E-state index contributed by atoms with van der Waals surface area (Å²) in [6.07, 6.45) is 1.74. The van der Waals surface area contributed by atoms with Gasteiger partial charge in [0.05, 0.1) is 5.57 Å². The number of rotatable bonds is 5. The standard InChI is InChI=1S/C27H25N5O2S/c1-16-10-11-21(12-17(16)2)31-18(3)13-20(19(31)4)14-23-25(28)32-27(29-26(23)33)35-24(30-32)15-34-22-8-6-5-7-9-22/h5-14,28H,15H2,1-4H3/b23-14-,28-25?. The summed E-state index contributed by atoms with van der Waals surface area (Å²) in [5.41, 5.74) is 6.65. The Balaban J connectivity index is 1.41. The van der Waals surface area contributed by atoms with Crippen molar-refractivity contribution in [2.45, 2.75) is 27.7 Å². The monoisotopic (exact) mass is 483 g/mol. The first-order chi connectivity index (χ1) is 16.8. The number of hydrazone groups is 1. The van der Waals surface area contributed by atoms with Gasteiger partial charge >= 0.3 is 0 Å². The van der Waals surface area contributed by atoms with E-state index in [-0.39, 0.29) is 18.0 Å². The van der Waals surface area contributed by atoms with Crippen molar-refractivity contribution in [3.05, 3.63) is 88.2 Å². The number of carbonyl (C=O) groups excluding carboxylic acids is 1. The second kappa shape index (κ2) is 9.03. The highest BCUT2D eigenvalue weighted by Crippen LogP contribution is 2.30. The molecule has 35 heavy (non-hydrogen) atoms. The summed E-state index contributed by atoms with van der Waals surface area (Å²) in [5.74, 6) is 0.303. The van der Waals surface area contributed by atoms with Gasteiger partial charge in [0.2, 0.25) is 5.17 Å². The van der Waals surface area contributed by atoms with Crippen molar-refractivity contribution in [3.63, 3.8) is 0 Å². The molecule has 0 atom stereocenters. The number of aromatic nitrogens is 1. The largest absolute Gasteiger partial charge is 0.487 e. The van der Waals surface area contributed by atoms with Gasteiger partial charge < -0.3 is 9.30 Å². The molecule has 0 saturated carbocycles. The van der Waals surface area contributed by atoms with E-state index >= 15 is 0 Å². The third kappa shape index (κ3) is 4.33. The van der Waals surface area contributed by atoms with Gasteiger partial charge in [-0.05, 0) is 92.6 Å². The summed E-state index contributed by atoms with van der Waals surface area (Å²) in [5, 5.41) is 15.6. The van der Waals surface area contributed by atoms with Gasteiger partial charge in [-0.3, -0.25) is 10.2 Å². The molecule has 1 N–H and O–H groups in total. The Morgan fingerprint density at radius 2 is 1.80 bits per heavy atom. The van der Waals surface area contributed by atoms with Gasteiger partial charge in [0.25, 0.3) is 5.91 Å². The Hall–Kier alpha value is -3.91. The van der Waals surface area contributed by atoms with Crippen molar-refractivity contribution in [3.8, 4) is 11.4 Å². The third-order valence-electron chi connectivity index (χ3n) is 6.12. The normalized spacial score (nSPS) is 16.5. The molecule has 5 rings (SSSR count). The zero-order valence-corrected chi connectivity index (χ0v) is 20.8. The number of ether oxygens (including phenoxy) is 1. The van der Waals surface area contributed by atoms with E-state index < -0.39 is 5.91 Å². The number of aliphatic imine (C=N–C) groups is 1. The highest BCUT2D eigenvalue weighted by atomic mass is 32.2. The van der Waals surface area contributed by atoms with E-state index in [1.807, 2.05) is 50.2 Å². The average molecular weight is 484 g/mol. The van der Waals surface area contributed by atoms with Crippen LogP contribution in [0.1, 0.15) is 28.1 Å². The summed E-state index contributed by atoms with van der Waals surface area (Å²) >= 11 is 1.25. The first-order valence-corrected chi connectivity index (χ1v) is 12.1. The first-order valence-electron chi connectivity index (χ1n) is 11.3. The molecule has 1 aromatic heterocycles. The lowest BCUT2D eigenvalue weighted by atomic mass is 10.1. The van der Waals surface area contributed by atoms with E-state index in [9.17, 15) is 4.79 Å². The van der Waals surface area contributed by atoms with Gasteiger partial charge in [-0.15, -0.1) is 0 Å². The van der Waals surface area contributed by atoms with Crippen molar-refractivity contribution in [2.75, 3.05) is 6.61 Å². The van der Waals surface area contributed by atoms with Crippen LogP contribution in [0.3, 0.4) is 0 Å². The van der Waals surface area contributed by atoms with Crippen molar-refractivity contribution in [1.82, 2.24) is 9.58 Å². The van der Waals surface area contributed by atoms with Gasteiger partial charge in [-0.2, -0.15) is 15.1 Å². The molecule has 3 aromatic rings. The maximum atomic E-state index is 12.9. The van der Waals surface area contributed by atoms with Crippen LogP contribution in [0.2, 0.25) is 0 Å². The molecule has 0 aliphatic carbocycles. The number of fused-ring (bicyclic) bond motifs is 1. The molecule has 2 aliphatic rings. The fraction of sp³-hybridized carbons (Fsp3) is 0.185. The van der Waals surface area contributed by atoms with Crippen molar-refractivity contribution in [1.29, 1.82) is 5.41 Å². The molecular formula is C27H25N5O2S. The summed E-state index contributed by atoms with van der Waals surface area (Å²) in [4.78, 5) is 17.1. The highest BCUT2D eigenvalue weighted by Gasteiger charge is 2.36. The van der Waals surface area contributed by atoms with Gasteiger partial charge in [0.15, 0.2) is 5.84 Å². The third-order valence-corrected chi connectivity index (χ3v) is 7.00. The fourth-order valence-corrected chi connectivity index (χ4v) is 4.90. The fourth-order valence-electron chi connectivity index (χ4n) is 4.10. The van der Waals surface area contributed by atoms with E-state index in [1.54, 1.807) is 6.08 Å². The van der Waals surface area contributed by atoms with E-state index in [1.165, 1.54) is 27.9 Å². The number of hydrogen-bond donors (Lipinski definition) is 1. The quantitative estimate of drug-likeness (QED) is 0.492. The Morgan fingerprint density at radius 3 is 2.54 bits per heavy atom. The van der Waals surface area contributed by atoms with Crippen LogP contribution >= 0.6 is 11.8 Å². The maximum Gasteiger partial charge on any atom is 0.283 e. The number of nitrogens with one attached hydrogen (secondary N) is 1. The van der Waals surface area contributed by atoms with Crippen LogP contribution in [0, 0.1) is 33.1 Å². The van der Waals surface area contributed by atoms with E-state index in [2.05, 4.69) is 46.7 Å². The Labute approximate surface area is 208 Å². The summed E-state index contributed by atoms with van der Waals surface area (Å²) < 4.78 is 7.92. The molecule has 7 nitrogen and oxygen atoms in total. The summed E-state index contributed by atoms with van der Waals surface area (Å²) in [6.45, 7) is 8.48. The molecule has 2 aliphatic heterocycles. The lowest BCUT2D eigenvalue weighted by Crippen LogP contribution is -2.35. The first kappa shape index (κ1) is 22.9. The van der Waals surface area contributed by atoms with Crippen molar-refractivity contribution in [2.24, 2.45) is 10.1 Å². The SMILES string of the molecule is Cc1ccc(-n2c(C)cc(/C=C3/C(=N)N4N=C(COc5ccccc5)SC4=NC3=O)c2C)cc1C. The minimum Gasteiger partial charge on any atom is -0.487 e. The molecule has 0 spiro atoms. The number of hydrogen-bond acceptors (Lipinski definition) is 5. The molecular weight excluding hydrogens is 458 g/mol. The summed E-state index contributed by atoms with van der Waals surface area (Å²) in [6, 6.07) is 17.8. The predicted octanol–water partition coefficient (Wildman–Crippen LogP) is 5.41. The molecule has 0 unspecified atom stereocenters. The topological polar surface area (TPSA) is 83.0 Å². The maximum absolute atomic E-state index is 12.9. The smallest absolute Gasteiger partial charge is 0.283 e. The molecule has 0 fully saturated rings. The van der Waals surface area contributed by atoms with Gasteiger partial charge in [0.1, 0.15) is 17.4 Å². The van der Waals surface area contributed by atoms with Crippen LogP contribution in [-0.4, -0.2) is 38.1 Å². The van der Waals surface area contributed by atoms with Gasteiger partial charge in [-0.25, -0.2) is 0 Å². The van der Waals surface area contributed by atoms with Crippen LogP contribution in [0.15, 0.2) is 70.3 Å². The number of amidine groups is 2.